The van der Waals surface area contributed by atoms with Crippen LogP contribution in [0.1, 0.15) is 27.2 Å². The van der Waals surface area contributed by atoms with Gasteiger partial charge in [-0.05, 0) is 41.9 Å². The highest BCUT2D eigenvalue weighted by atomic mass is 16.5. The van der Waals surface area contributed by atoms with Crippen LogP contribution in [-0.2, 0) is 14.3 Å². The molecule has 2 rings (SSSR count). The second kappa shape index (κ2) is 6.19. The Morgan fingerprint density at radius 3 is 2.61 bits per heavy atom. The van der Waals surface area contributed by atoms with Gasteiger partial charge in [-0.3, -0.25) is 9.59 Å². The first-order valence-corrected chi connectivity index (χ1v) is 7.68. The Balaban J connectivity index is 2.44. The molecule has 0 aliphatic heterocycles. The molecule has 0 aromatic rings. The highest BCUT2D eigenvalue weighted by molar-refractivity contribution is 6.01. The molecular formula is C17H24O6. The summed E-state index contributed by atoms with van der Waals surface area (Å²) in [6.45, 7) is 8.24. The number of rotatable bonds is 2. The Morgan fingerprint density at radius 2 is 2.09 bits per heavy atom. The van der Waals surface area contributed by atoms with Crippen LogP contribution in [-0.4, -0.2) is 52.0 Å². The van der Waals surface area contributed by atoms with Crippen LogP contribution in [0.2, 0.25) is 0 Å². The highest BCUT2D eigenvalue weighted by Crippen LogP contribution is 2.56. The van der Waals surface area contributed by atoms with Gasteiger partial charge in [0.25, 0.3) is 0 Å². The van der Waals surface area contributed by atoms with Crippen molar-refractivity contribution in [2.24, 2.45) is 17.3 Å². The van der Waals surface area contributed by atoms with Gasteiger partial charge in [-0.15, -0.1) is 0 Å². The van der Waals surface area contributed by atoms with Gasteiger partial charge < -0.3 is 20.1 Å². The van der Waals surface area contributed by atoms with E-state index in [0.717, 1.165) is 0 Å². The standard InChI is InChI=1S/C17H24O6/c1-8-5-12(23-10(3)19)15(21)9(2)11-6-17(4,7-18)13(11)16(22)14(8)20/h5,11-14,16,18,20,22H,2,6-7H2,1,3-4H3/b8-5-/t11-,12-,13+,14+,16-,17+/m1/s1. The number of aliphatic hydroxyl groups excluding tert-OH is 3. The third kappa shape index (κ3) is 2.98. The summed E-state index contributed by atoms with van der Waals surface area (Å²) in [6.07, 6.45) is -1.66. The van der Waals surface area contributed by atoms with Crippen molar-refractivity contribution in [2.75, 3.05) is 6.61 Å². The number of fused-ring (bicyclic) bond motifs is 1. The maximum atomic E-state index is 12.6. The molecular weight excluding hydrogens is 300 g/mol. The molecule has 6 nitrogen and oxygen atoms in total. The van der Waals surface area contributed by atoms with E-state index in [1.165, 1.54) is 13.0 Å². The maximum Gasteiger partial charge on any atom is 0.303 e. The van der Waals surface area contributed by atoms with Gasteiger partial charge in [0.15, 0.2) is 6.10 Å². The molecule has 0 radical (unpaired) electrons. The van der Waals surface area contributed by atoms with Crippen molar-refractivity contribution in [1.29, 1.82) is 0 Å². The smallest absolute Gasteiger partial charge is 0.303 e. The van der Waals surface area contributed by atoms with Crippen molar-refractivity contribution in [1.82, 2.24) is 0 Å². The molecule has 0 spiro atoms. The summed E-state index contributed by atoms with van der Waals surface area (Å²) in [5.41, 5.74) is 0.0117. The first-order chi connectivity index (χ1) is 10.6. The molecule has 0 unspecified atom stereocenters. The van der Waals surface area contributed by atoms with E-state index in [-0.39, 0.29) is 18.1 Å². The van der Waals surface area contributed by atoms with Gasteiger partial charge in [0, 0.05) is 19.4 Å². The Bertz CT molecular complexity index is 565. The van der Waals surface area contributed by atoms with Gasteiger partial charge in [-0.25, -0.2) is 0 Å². The van der Waals surface area contributed by atoms with Gasteiger partial charge >= 0.3 is 5.97 Å². The molecule has 23 heavy (non-hydrogen) atoms. The molecule has 0 heterocycles. The van der Waals surface area contributed by atoms with E-state index in [1.807, 2.05) is 6.92 Å². The molecule has 0 bridgehead atoms. The fraction of sp³-hybridized carbons (Fsp3) is 0.647. The highest BCUT2D eigenvalue weighted by Gasteiger charge is 2.57. The zero-order valence-corrected chi connectivity index (χ0v) is 13.7. The maximum absolute atomic E-state index is 12.6. The summed E-state index contributed by atoms with van der Waals surface area (Å²) in [4.78, 5) is 23.8. The molecule has 128 valence electrons. The SMILES string of the molecule is C=C1C(=O)[C@H](OC(C)=O)/C=C(/C)[C@H](O)[C@H](O)[C@@H]2[C@@H]1C[C@@]2(C)CO. The number of carbonyl (C=O) groups excluding carboxylic acids is 2. The molecule has 1 fully saturated rings. The summed E-state index contributed by atoms with van der Waals surface area (Å²) in [6, 6.07) is 0. The molecule has 0 aromatic carbocycles. The van der Waals surface area contributed by atoms with Crippen LogP contribution >= 0.6 is 0 Å². The normalized spacial score (nSPS) is 43.2. The summed E-state index contributed by atoms with van der Waals surface area (Å²) in [5, 5.41) is 30.5. The third-order valence-corrected chi connectivity index (χ3v) is 5.17. The van der Waals surface area contributed by atoms with Crippen molar-refractivity contribution >= 4 is 11.8 Å². The molecule has 2 aliphatic carbocycles. The summed E-state index contributed by atoms with van der Waals surface area (Å²) >= 11 is 0. The van der Waals surface area contributed by atoms with E-state index in [2.05, 4.69) is 6.58 Å². The van der Waals surface area contributed by atoms with Crippen molar-refractivity contribution < 1.29 is 29.6 Å². The van der Waals surface area contributed by atoms with Crippen LogP contribution in [0, 0.1) is 17.3 Å². The fourth-order valence-electron chi connectivity index (χ4n) is 3.76. The van der Waals surface area contributed by atoms with Crippen LogP contribution in [0.3, 0.4) is 0 Å². The molecule has 2 aliphatic rings. The van der Waals surface area contributed by atoms with E-state index in [1.54, 1.807) is 6.92 Å². The van der Waals surface area contributed by atoms with Crippen LogP contribution in [0.25, 0.3) is 0 Å². The minimum atomic E-state index is -1.20. The third-order valence-electron chi connectivity index (χ3n) is 5.17. The zero-order chi connectivity index (χ0) is 17.5. The van der Waals surface area contributed by atoms with Crippen LogP contribution in [0.4, 0.5) is 0 Å². The largest absolute Gasteiger partial charge is 0.450 e. The molecule has 1 saturated carbocycles. The molecule has 6 atom stereocenters. The number of ketones is 1. The van der Waals surface area contributed by atoms with Crippen LogP contribution in [0.15, 0.2) is 23.8 Å². The summed E-state index contributed by atoms with van der Waals surface area (Å²) < 4.78 is 5.04. The number of aliphatic hydroxyl groups is 3. The van der Waals surface area contributed by atoms with Gasteiger partial charge in [0.05, 0.1) is 6.10 Å². The Labute approximate surface area is 135 Å². The van der Waals surface area contributed by atoms with Gasteiger partial charge in [0.2, 0.25) is 5.78 Å². The average molecular weight is 324 g/mol. The number of esters is 1. The molecule has 0 amide bonds. The lowest BCUT2D eigenvalue weighted by Gasteiger charge is -2.55. The second-order valence-corrected chi connectivity index (χ2v) is 6.91. The van der Waals surface area contributed by atoms with Gasteiger partial charge in [-0.2, -0.15) is 0 Å². The number of hydrogen-bond donors (Lipinski definition) is 3. The van der Waals surface area contributed by atoms with Crippen LogP contribution < -0.4 is 0 Å². The number of Topliss-reactive ketones (excluding diaryl/α,β-unsaturated/α-hetero) is 1. The predicted octanol–water partition coefficient (Wildman–Crippen LogP) is 0.360. The fourth-order valence-corrected chi connectivity index (χ4v) is 3.76. The van der Waals surface area contributed by atoms with Crippen molar-refractivity contribution in [3.63, 3.8) is 0 Å². The Hall–Kier alpha value is -1.50. The topological polar surface area (TPSA) is 104 Å². The lowest BCUT2D eigenvalue weighted by molar-refractivity contribution is -0.152. The van der Waals surface area contributed by atoms with E-state index >= 15 is 0 Å². The van der Waals surface area contributed by atoms with Crippen LogP contribution in [0.5, 0.6) is 0 Å². The quantitative estimate of drug-likeness (QED) is 0.385. The van der Waals surface area contributed by atoms with Crippen molar-refractivity contribution in [3.05, 3.63) is 23.8 Å². The van der Waals surface area contributed by atoms with E-state index in [9.17, 15) is 24.9 Å². The molecule has 0 aromatic heterocycles. The van der Waals surface area contributed by atoms with Crippen molar-refractivity contribution in [2.45, 2.75) is 45.5 Å². The average Bonchev–Trinajstić information content (AvgIpc) is 2.49. The monoisotopic (exact) mass is 324 g/mol. The summed E-state index contributed by atoms with van der Waals surface area (Å²) in [7, 11) is 0. The molecule has 0 saturated heterocycles. The minimum absolute atomic E-state index is 0.157. The van der Waals surface area contributed by atoms with Gasteiger partial charge in [0.1, 0.15) is 6.10 Å². The van der Waals surface area contributed by atoms with E-state index in [0.29, 0.717) is 12.0 Å². The lowest BCUT2D eigenvalue weighted by atomic mass is 9.50. The predicted molar refractivity (Wildman–Crippen MR) is 82.3 cm³/mol. The zero-order valence-electron chi connectivity index (χ0n) is 13.7. The minimum Gasteiger partial charge on any atom is -0.450 e. The van der Waals surface area contributed by atoms with Crippen molar-refractivity contribution in [3.8, 4) is 0 Å². The Morgan fingerprint density at radius 1 is 1.48 bits per heavy atom. The number of hydrogen-bond acceptors (Lipinski definition) is 6. The second-order valence-electron chi connectivity index (χ2n) is 6.91. The van der Waals surface area contributed by atoms with E-state index < -0.39 is 41.4 Å². The first-order valence-electron chi connectivity index (χ1n) is 7.68. The lowest BCUT2D eigenvalue weighted by Crippen LogP contribution is -2.57. The molecule has 6 heteroatoms. The Kier molecular flexibility index (Phi) is 4.80. The van der Waals surface area contributed by atoms with E-state index in [4.69, 9.17) is 4.74 Å². The number of ether oxygens (including phenoxy) is 1. The first kappa shape index (κ1) is 17.8. The summed E-state index contributed by atoms with van der Waals surface area (Å²) in [5.74, 6) is -1.89. The van der Waals surface area contributed by atoms with Gasteiger partial charge in [-0.1, -0.05) is 13.5 Å². The number of carbonyl (C=O) groups is 2. The molecule has 3 N–H and O–H groups in total.